The number of para-hydroxylation sites is 1. The fourth-order valence-electron chi connectivity index (χ4n) is 2.77. The molecule has 0 radical (unpaired) electrons. The van der Waals surface area contributed by atoms with Crippen LogP contribution in [0.2, 0.25) is 0 Å². The number of rotatable bonds is 4. The Labute approximate surface area is 140 Å². The van der Waals surface area contributed by atoms with Gasteiger partial charge in [-0.3, -0.25) is 9.59 Å². The van der Waals surface area contributed by atoms with Gasteiger partial charge in [-0.05, 0) is 36.2 Å². The Balaban J connectivity index is 1.73. The van der Waals surface area contributed by atoms with Crippen molar-refractivity contribution in [2.24, 2.45) is 0 Å². The van der Waals surface area contributed by atoms with Crippen LogP contribution in [0.1, 0.15) is 18.1 Å². The van der Waals surface area contributed by atoms with Gasteiger partial charge in [0.25, 0.3) is 0 Å². The van der Waals surface area contributed by atoms with E-state index < -0.39 is 0 Å². The molecule has 3 N–H and O–H groups in total. The topological polar surface area (TPSA) is 74.0 Å². The molecule has 3 rings (SSSR count). The molecule has 0 atom stereocenters. The van der Waals surface area contributed by atoms with Crippen LogP contribution in [0.25, 0.3) is 10.9 Å². The number of H-pyrrole nitrogens is 1. The van der Waals surface area contributed by atoms with Gasteiger partial charge in [-0.15, -0.1) is 0 Å². The number of aryl methyl sites for hydroxylation is 1. The molecule has 0 saturated carbocycles. The highest BCUT2D eigenvalue weighted by molar-refractivity contribution is 5.97. The summed E-state index contributed by atoms with van der Waals surface area (Å²) in [5, 5.41) is 6.63. The van der Waals surface area contributed by atoms with Gasteiger partial charge < -0.3 is 15.6 Å². The van der Waals surface area contributed by atoms with Crippen LogP contribution in [0.4, 0.5) is 11.4 Å². The Kier molecular flexibility index (Phi) is 4.33. The molecule has 0 bridgehead atoms. The molecule has 1 heterocycles. The third-order valence-corrected chi connectivity index (χ3v) is 3.83. The minimum absolute atomic E-state index is 0.0996. The van der Waals surface area contributed by atoms with Crippen LogP contribution in [0.15, 0.2) is 48.7 Å². The number of aromatic nitrogens is 1. The largest absolute Gasteiger partial charge is 0.361 e. The Bertz CT molecular complexity index is 912. The van der Waals surface area contributed by atoms with Gasteiger partial charge in [0.05, 0.1) is 6.42 Å². The second kappa shape index (κ2) is 6.58. The fourth-order valence-corrected chi connectivity index (χ4v) is 2.77. The summed E-state index contributed by atoms with van der Waals surface area (Å²) in [5.41, 5.74) is 4.49. The summed E-state index contributed by atoms with van der Waals surface area (Å²) in [6.07, 6.45) is 2.17. The highest BCUT2D eigenvalue weighted by Gasteiger charge is 2.10. The van der Waals surface area contributed by atoms with Gasteiger partial charge >= 0.3 is 0 Å². The number of carbonyl (C=O) groups is 2. The number of benzene rings is 2. The van der Waals surface area contributed by atoms with Crippen molar-refractivity contribution in [2.45, 2.75) is 20.3 Å². The lowest BCUT2D eigenvalue weighted by Crippen LogP contribution is -2.14. The van der Waals surface area contributed by atoms with E-state index in [1.165, 1.54) is 6.92 Å². The molecule has 3 aromatic rings. The summed E-state index contributed by atoms with van der Waals surface area (Å²) in [6.45, 7) is 3.49. The van der Waals surface area contributed by atoms with E-state index >= 15 is 0 Å². The standard InChI is InChI=1S/C19H19N3O2/c1-12-5-3-8-17-14(11-20-19(12)17)9-18(24)22-16-7-4-6-15(10-16)21-13(2)23/h3-8,10-11,20H,9H2,1-2H3,(H,21,23)(H,22,24). The zero-order valence-corrected chi connectivity index (χ0v) is 13.6. The van der Waals surface area contributed by atoms with Crippen LogP contribution in [0.5, 0.6) is 0 Å². The molecule has 2 aromatic carbocycles. The van der Waals surface area contributed by atoms with Crippen molar-refractivity contribution in [3.63, 3.8) is 0 Å². The van der Waals surface area contributed by atoms with E-state index in [1.54, 1.807) is 24.3 Å². The summed E-state index contributed by atoms with van der Waals surface area (Å²) in [5.74, 6) is -0.245. The zero-order valence-electron chi connectivity index (χ0n) is 13.6. The van der Waals surface area contributed by atoms with Gasteiger partial charge in [0.1, 0.15) is 0 Å². The normalized spacial score (nSPS) is 10.6. The predicted molar refractivity (Wildman–Crippen MR) is 96.1 cm³/mol. The van der Waals surface area contributed by atoms with E-state index in [4.69, 9.17) is 0 Å². The van der Waals surface area contributed by atoms with Gasteiger partial charge in [-0.1, -0.05) is 24.3 Å². The fraction of sp³-hybridized carbons (Fsp3) is 0.158. The summed E-state index contributed by atoms with van der Waals surface area (Å²) >= 11 is 0. The maximum Gasteiger partial charge on any atom is 0.228 e. The number of fused-ring (bicyclic) bond motifs is 1. The van der Waals surface area contributed by atoms with Crippen LogP contribution in [0.3, 0.4) is 0 Å². The van der Waals surface area contributed by atoms with Gasteiger partial charge in [0.2, 0.25) is 11.8 Å². The SMILES string of the molecule is CC(=O)Nc1cccc(NC(=O)Cc2c[nH]c3c(C)cccc23)c1. The van der Waals surface area contributed by atoms with Gasteiger partial charge in [0, 0.05) is 35.4 Å². The molecule has 5 heteroatoms. The highest BCUT2D eigenvalue weighted by Crippen LogP contribution is 2.22. The monoisotopic (exact) mass is 321 g/mol. The number of hydrogen-bond acceptors (Lipinski definition) is 2. The molecule has 0 unspecified atom stereocenters. The summed E-state index contributed by atoms with van der Waals surface area (Å²) < 4.78 is 0. The maximum atomic E-state index is 12.3. The van der Waals surface area contributed by atoms with Crippen LogP contribution in [-0.4, -0.2) is 16.8 Å². The van der Waals surface area contributed by atoms with Crippen molar-refractivity contribution >= 4 is 34.1 Å². The average molecular weight is 321 g/mol. The number of carbonyl (C=O) groups excluding carboxylic acids is 2. The number of nitrogens with one attached hydrogen (secondary N) is 3. The molecule has 122 valence electrons. The zero-order chi connectivity index (χ0) is 17.1. The second-order valence-corrected chi connectivity index (χ2v) is 5.80. The summed E-state index contributed by atoms with van der Waals surface area (Å²) in [7, 11) is 0. The van der Waals surface area contributed by atoms with E-state index in [-0.39, 0.29) is 18.2 Å². The lowest BCUT2D eigenvalue weighted by Gasteiger charge is -2.07. The lowest BCUT2D eigenvalue weighted by atomic mass is 10.1. The molecule has 0 fully saturated rings. The van der Waals surface area contributed by atoms with Crippen molar-refractivity contribution in [3.8, 4) is 0 Å². The lowest BCUT2D eigenvalue weighted by molar-refractivity contribution is -0.115. The number of hydrogen-bond donors (Lipinski definition) is 3. The third kappa shape index (κ3) is 3.46. The molecular formula is C19H19N3O2. The quantitative estimate of drug-likeness (QED) is 0.686. The van der Waals surface area contributed by atoms with Crippen LogP contribution in [-0.2, 0) is 16.0 Å². The first-order valence-corrected chi connectivity index (χ1v) is 7.76. The molecule has 24 heavy (non-hydrogen) atoms. The van der Waals surface area contributed by atoms with E-state index in [0.717, 1.165) is 22.0 Å². The van der Waals surface area contributed by atoms with Gasteiger partial charge in [0.15, 0.2) is 0 Å². The molecule has 5 nitrogen and oxygen atoms in total. The first-order chi connectivity index (χ1) is 11.5. The minimum Gasteiger partial charge on any atom is -0.361 e. The third-order valence-electron chi connectivity index (χ3n) is 3.83. The first-order valence-electron chi connectivity index (χ1n) is 7.76. The first kappa shape index (κ1) is 15.8. The van der Waals surface area contributed by atoms with Crippen LogP contribution in [0, 0.1) is 6.92 Å². The van der Waals surface area contributed by atoms with Crippen molar-refractivity contribution in [2.75, 3.05) is 10.6 Å². The van der Waals surface area contributed by atoms with Crippen molar-refractivity contribution < 1.29 is 9.59 Å². The van der Waals surface area contributed by atoms with Gasteiger partial charge in [-0.2, -0.15) is 0 Å². The Morgan fingerprint density at radius 2 is 1.75 bits per heavy atom. The Hall–Kier alpha value is -3.08. The Morgan fingerprint density at radius 3 is 2.50 bits per heavy atom. The van der Waals surface area contributed by atoms with Crippen molar-refractivity contribution in [1.29, 1.82) is 0 Å². The summed E-state index contributed by atoms with van der Waals surface area (Å²) in [6, 6.07) is 13.1. The smallest absolute Gasteiger partial charge is 0.228 e. The Morgan fingerprint density at radius 1 is 1.04 bits per heavy atom. The average Bonchev–Trinajstić information content (AvgIpc) is 2.91. The van der Waals surface area contributed by atoms with E-state index in [9.17, 15) is 9.59 Å². The number of anilines is 2. The van der Waals surface area contributed by atoms with Crippen molar-refractivity contribution in [3.05, 3.63) is 59.8 Å². The molecule has 0 aliphatic carbocycles. The van der Waals surface area contributed by atoms with Crippen LogP contribution >= 0.6 is 0 Å². The maximum absolute atomic E-state index is 12.3. The molecular weight excluding hydrogens is 302 g/mol. The van der Waals surface area contributed by atoms with E-state index in [1.807, 2.05) is 31.3 Å². The predicted octanol–water partition coefficient (Wildman–Crippen LogP) is 3.62. The molecule has 0 aliphatic heterocycles. The van der Waals surface area contributed by atoms with Crippen molar-refractivity contribution in [1.82, 2.24) is 4.98 Å². The second-order valence-electron chi connectivity index (χ2n) is 5.80. The highest BCUT2D eigenvalue weighted by atomic mass is 16.2. The van der Waals surface area contributed by atoms with E-state index in [0.29, 0.717) is 11.4 Å². The summed E-state index contributed by atoms with van der Waals surface area (Å²) in [4.78, 5) is 26.7. The molecule has 0 saturated heterocycles. The molecule has 2 amide bonds. The number of aromatic amines is 1. The number of amides is 2. The molecule has 0 aliphatic rings. The molecule has 0 spiro atoms. The van der Waals surface area contributed by atoms with Gasteiger partial charge in [-0.25, -0.2) is 0 Å². The van der Waals surface area contributed by atoms with Crippen LogP contribution < -0.4 is 10.6 Å². The molecule has 1 aromatic heterocycles. The van der Waals surface area contributed by atoms with E-state index in [2.05, 4.69) is 15.6 Å². The minimum atomic E-state index is -0.146.